The molecule has 9 nitrogen and oxygen atoms in total. The van der Waals surface area contributed by atoms with Crippen LogP contribution < -0.4 is 20.9 Å². The third-order valence-electron chi connectivity index (χ3n) is 6.39. The summed E-state index contributed by atoms with van der Waals surface area (Å²) >= 11 is 0. The Morgan fingerprint density at radius 3 is 2.94 bits per heavy atom. The van der Waals surface area contributed by atoms with Gasteiger partial charge < -0.3 is 15.8 Å². The molecule has 4 aromatic rings. The molecule has 1 saturated heterocycles. The van der Waals surface area contributed by atoms with Crippen molar-refractivity contribution in [3.8, 4) is 11.8 Å². The summed E-state index contributed by atoms with van der Waals surface area (Å²) in [4.78, 5) is 20.5. The minimum atomic E-state index is -0.305. The van der Waals surface area contributed by atoms with Crippen LogP contribution in [-0.4, -0.2) is 38.5 Å². The Balaban J connectivity index is 1.65. The standard InChI is InChI=1S/C25H27N7O2/c1-3-4-12-30-23-21(28-25(30)29-11-7-9-19(26)15-29)14-27-31(24(23)33)16-22-20-10-6-5-8-18(20)13-17(2)32(22)34/h5-6,8,10,13-14,19H,7,9,11-12,15-16,26H2,1-2H3/t19-/m1/s1. The summed E-state index contributed by atoms with van der Waals surface area (Å²) in [5.74, 6) is 6.65. The highest BCUT2D eigenvalue weighted by atomic mass is 16.5. The maximum atomic E-state index is 13.6. The zero-order valence-corrected chi connectivity index (χ0v) is 19.4. The van der Waals surface area contributed by atoms with E-state index < -0.39 is 0 Å². The number of benzene rings is 1. The highest BCUT2D eigenvalue weighted by Crippen LogP contribution is 2.23. The van der Waals surface area contributed by atoms with Crippen LogP contribution >= 0.6 is 0 Å². The fourth-order valence-corrected chi connectivity index (χ4v) is 4.71. The van der Waals surface area contributed by atoms with Crippen LogP contribution in [0.3, 0.4) is 0 Å². The molecule has 0 spiro atoms. The number of imidazole rings is 1. The van der Waals surface area contributed by atoms with Gasteiger partial charge >= 0.3 is 0 Å². The van der Waals surface area contributed by atoms with Crippen molar-refractivity contribution in [1.29, 1.82) is 0 Å². The molecule has 2 N–H and O–H groups in total. The Morgan fingerprint density at radius 2 is 2.15 bits per heavy atom. The molecule has 1 fully saturated rings. The van der Waals surface area contributed by atoms with E-state index >= 15 is 0 Å². The van der Waals surface area contributed by atoms with Gasteiger partial charge in [-0.05, 0) is 31.2 Å². The van der Waals surface area contributed by atoms with Crippen LogP contribution in [-0.2, 0) is 13.1 Å². The number of piperidine rings is 1. The number of pyridine rings is 1. The normalized spacial score (nSPS) is 16.1. The van der Waals surface area contributed by atoms with E-state index in [1.807, 2.05) is 34.9 Å². The van der Waals surface area contributed by atoms with E-state index in [1.54, 1.807) is 20.0 Å². The minimum Gasteiger partial charge on any atom is -0.618 e. The molecule has 3 aromatic heterocycles. The summed E-state index contributed by atoms with van der Waals surface area (Å²) < 4.78 is 4.06. The number of anilines is 1. The predicted octanol–water partition coefficient (Wildman–Crippen LogP) is 1.69. The molecule has 0 amide bonds. The number of fused-ring (bicyclic) bond motifs is 2. The van der Waals surface area contributed by atoms with Crippen molar-refractivity contribution in [3.63, 3.8) is 0 Å². The summed E-state index contributed by atoms with van der Waals surface area (Å²) in [7, 11) is 0. The van der Waals surface area contributed by atoms with Gasteiger partial charge in [0.15, 0.2) is 5.69 Å². The van der Waals surface area contributed by atoms with E-state index in [0.717, 1.165) is 34.9 Å². The first-order chi connectivity index (χ1) is 16.5. The van der Waals surface area contributed by atoms with Crippen molar-refractivity contribution in [2.45, 2.75) is 45.8 Å². The second-order valence-corrected chi connectivity index (χ2v) is 8.73. The van der Waals surface area contributed by atoms with Crippen molar-refractivity contribution >= 4 is 27.8 Å². The summed E-state index contributed by atoms with van der Waals surface area (Å²) in [5.41, 5.74) is 7.88. The van der Waals surface area contributed by atoms with Gasteiger partial charge in [-0.3, -0.25) is 9.36 Å². The van der Waals surface area contributed by atoms with Gasteiger partial charge in [0.2, 0.25) is 11.6 Å². The van der Waals surface area contributed by atoms with Crippen LogP contribution in [0.15, 0.2) is 41.3 Å². The van der Waals surface area contributed by atoms with Crippen LogP contribution in [0.5, 0.6) is 0 Å². The molecule has 0 unspecified atom stereocenters. The van der Waals surface area contributed by atoms with Gasteiger partial charge in [0.1, 0.15) is 17.6 Å². The number of hydrogen-bond donors (Lipinski definition) is 1. The number of rotatable bonds is 4. The molecular formula is C25H27N7O2. The molecule has 0 bridgehead atoms. The Hall–Kier alpha value is -3.90. The second-order valence-electron chi connectivity index (χ2n) is 8.73. The van der Waals surface area contributed by atoms with Crippen LogP contribution in [0.2, 0.25) is 0 Å². The molecule has 1 aliphatic heterocycles. The van der Waals surface area contributed by atoms with Crippen molar-refractivity contribution in [3.05, 3.63) is 63.5 Å². The maximum absolute atomic E-state index is 13.6. The third-order valence-corrected chi connectivity index (χ3v) is 6.39. The highest BCUT2D eigenvalue weighted by molar-refractivity contribution is 5.84. The average Bonchev–Trinajstić information content (AvgIpc) is 3.21. The number of nitrogens with two attached hydrogens (primary N) is 1. The van der Waals surface area contributed by atoms with Gasteiger partial charge in [-0.25, -0.2) is 9.67 Å². The van der Waals surface area contributed by atoms with E-state index in [4.69, 9.17) is 10.7 Å². The summed E-state index contributed by atoms with van der Waals surface area (Å²) in [5, 5.41) is 19.0. The third kappa shape index (κ3) is 3.76. The first-order valence-electron chi connectivity index (χ1n) is 11.4. The van der Waals surface area contributed by atoms with Crippen molar-refractivity contribution < 1.29 is 4.73 Å². The first kappa shape index (κ1) is 21.9. The fraction of sp³-hybridized carbons (Fsp3) is 0.360. The molecule has 4 heterocycles. The lowest BCUT2D eigenvalue weighted by molar-refractivity contribution is -0.619. The van der Waals surface area contributed by atoms with Crippen molar-refractivity contribution in [2.75, 3.05) is 18.0 Å². The largest absolute Gasteiger partial charge is 0.618 e. The molecule has 174 valence electrons. The van der Waals surface area contributed by atoms with Crippen LogP contribution in [0.4, 0.5) is 5.95 Å². The van der Waals surface area contributed by atoms with Crippen molar-refractivity contribution in [2.24, 2.45) is 5.73 Å². The Morgan fingerprint density at radius 1 is 1.32 bits per heavy atom. The van der Waals surface area contributed by atoms with E-state index in [9.17, 15) is 10.0 Å². The molecule has 1 aliphatic rings. The van der Waals surface area contributed by atoms with Crippen LogP contribution in [0.25, 0.3) is 21.8 Å². The smallest absolute Gasteiger partial charge is 0.293 e. The lowest BCUT2D eigenvalue weighted by atomic mass is 10.1. The summed E-state index contributed by atoms with van der Waals surface area (Å²) in [6.07, 6.45) is 3.53. The molecule has 1 atom stereocenters. The molecule has 0 radical (unpaired) electrons. The van der Waals surface area contributed by atoms with Gasteiger partial charge in [-0.2, -0.15) is 9.83 Å². The van der Waals surface area contributed by atoms with Crippen LogP contribution in [0.1, 0.15) is 31.2 Å². The maximum Gasteiger partial charge on any atom is 0.293 e. The second kappa shape index (κ2) is 8.80. The Kier molecular flexibility index (Phi) is 5.67. The van der Waals surface area contributed by atoms with Gasteiger partial charge in [-0.15, -0.1) is 5.92 Å². The summed E-state index contributed by atoms with van der Waals surface area (Å²) in [6, 6.07) is 9.57. The van der Waals surface area contributed by atoms with E-state index in [1.165, 1.54) is 4.68 Å². The lowest BCUT2D eigenvalue weighted by Gasteiger charge is -2.31. The fourth-order valence-electron chi connectivity index (χ4n) is 4.71. The van der Waals surface area contributed by atoms with Gasteiger partial charge in [0, 0.05) is 32.1 Å². The van der Waals surface area contributed by atoms with E-state index in [0.29, 0.717) is 41.5 Å². The molecule has 34 heavy (non-hydrogen) atoms. The number of nitrogens with zero attached hydrogens (tertiary/aromatic N) is 6. The highest BCUT2D eigenvalue weighted by Gasteiger charge is 2.25. The predicted molar refractivity (Wildman–Crippen MR) is 131 cm³/mol. The monoisotopic (exact) mass is 457 g/mol. The zero-order chi connectivity index (χ0) is 23.8. The number of aromatic nitrogens is 5. The molecule has 0 aliphatic carbocycles. The minimum absolute atomic E-state index is 0.0506. The molecule has 9 heteroatoms. The SMILES string of the molecule is CC#CCn1c(N2CCC[C@@H](N)C2)nc2cnn(Cc3c4ccccc4cc(C)[n+]3[O-])c(=O)c21. The Labute approximate surface area is 197 Å². The van der Waals surface area contributed by atoms with E-state index in [2.05, 4.69) is 21.8 Å². The topological polar surface area (TPSA) is 109 Å². The first-order valence-corrected chi connectivity index (χ1v) is 11.4. The molecular weight excluding hydrogens is 430 g/mol. The van der Waals surface area contributed by atoms with Gasteiger partial charge in [0.05, 0.1) is 18.1 Å². The number of hydrogen-bond acceptors (Lipinski definition) is 6. The van der Waals surface area contributed by atoms with Crippen molar-refractivity contribution in [1.82, 2.24) is 19.3 Å². The molecule has 0 saturated carbocycles. The van der Waals surface area contributed by atoms with E-state index in [-0.39, 0.29) is 18.1 Å². The zero-order valence-electron chi connectivity index (χ0n) is 19.4. The van der Waals surface area contributed by atoms with Gasteiger partial charge in [-0.1, -0.05) is 24.1 Å². The summed E-state index contributed by atoms with van der Waals surface area (Å²) in [6.45, 7) is 5.42. The molecule has 5 rings (SSSR count). The lowest BCUT2D eigenvalue weighted by Crippen LogP contribution is -2.44. The average molecular weight is 458 g/mol. The van der Waals surface area contributed by atoms with Gasteiger partial charge in [0.25, 0.3) is 5.56 Å². The quantitative estimate of drug-likeness (QED) is 0.284. The van der Waals surface area contributed by atoms with Crippen LogP contribution in [0, 0.1) is 24.0 Å². The Bertz CT molecular complexity index is 1510. The molecule has 1 aromatic carbocycles. The number of aryl methyl sites for hydroxylation is 1.